The zero-order chi connectivity index (χ0) is 38.2. The smallest absolute Gasteiger partial charge is 0.238 e. The quantitative estimate of drug-likeness (QED) is 0.168. The summed E-state index contributed by atoms with van der Waals surface area (Å²) in [5.41, 5.74) is 6.19. The van der Waals surface area contributed by atoms with Gasteiger partial charge in [0.05, 0.1) is 5.69 Å². The summed E-state index contributed by atoms with van der Waals surface area (Å²) in [6.45, 7) is 0. The number of aromatic nitrogens is 3. The Morgan fingerprint density at radius 1 is 0.328 bits per heavy atom. The minimum absolute atomic E-state index is 0.556. The molecule has 0 radical (unpaired) electrons. The molecule has 0 aliphatic heterocycles. The number of hydrogen-bond donors (Lipinski definition) is 0. The molecule has 0 spiro atoms. The normalized spacial score (nSPS) is 11.8. The van der Waals surface area contributed by atoms with E-state index in [2.05, 4.69) is 187 Å². The lowest BCUT2D eigenvalue weighted by atomic mass is 10.0. The van der Waals surface area contributed by atoms with Gasteiger partial charge < -0.3 is 0 Å². The van der Waals surface area contributed by atoms with E-state index in [0.717, 1.165) is 28.1 Å². The Labute approximate surface area is 345 Å². The Hall–Kier alpha value is -6.77. The average Bonchev–Trinajstić information content (AvgIpc) is 3.98. The second kappa shape index (κ2) is 13.4. The lowest BCUT2D eigenvalue weighted by molar-refractivity contribution is 1.03. The van der Waals surface area contributed by atoms with E-state index in [1.54, 1.807) is 0 Å². The second-order valence-corrected chi connectivity index (χ2v) is 17.6. The van der Waals surface area contributed by atoms with E-state index in [1.807, 2.05) is 34.0 Å². The summed E-state index contributed by atoms with van der Waals surface area (Å²) < 4.78 is 7.47. The van der Waals surface area contributed by atoms with Gasteiger partial charge in [0.25, 0.3) is 0 Å². The first-order chi connectivity index (χ1) is 28.7. The molecular weight excluding hydrogens is 765 g/mol. The van der Waals surface area contributed by atoms with Crippen molar-refractivity contribution >= 4 is 112 Å². The van der Waals surface area contributed by atoms with Crippen LogP contribution in [0, 0.1) is 0 Å². The fourth-order valence-electron chi connectivity index (χ4n) is 8.19. The summed E-state index contributed by atoms with van der Waals surface area (Å²) in [5, 5.41) is 7.28. The van der Waals surface area contributed by atoms with E-state index in [9.17, 15) is 0 Å². The molecule has 4 aromatic heterocycles. The van der Waals surface area contributed by atoms with Crippen LogP contribution in [-0.2, 0) is 0 Å². The largest absolute Gasteiger partial charge is 0.278 e. The number of anilines is 3. The van der Waals surface area contributed by atoms with E-state index in [-0.39, 0.29) is 0 Å². The van der Waals surface area contributed by atoms with Crippen LogP contribution in [0.3, 0.4) is 0 Å². The molecule has 0 aliphatic rings. The fourth-order valence-corrected chi connectivity index (χ4v) is 11.5. The van der Waals surface area contributed by atoms with Gasteiger partial charge in [0, 0.05) is 77.3 Å². The SMILES string of the molecule is c1ccc(-c2ccc(N(c3nc(-c4ccc5sc6ccccc6c5c4)nc(-c4ccc5sc6ccccc6c5c4)n3)c3cccc4sc5ccccc5c34)cc2)cc1. The number of fused-ring (bicyclic) bond motifs is 9. The predicted molar refractivity (Wildman–Crippen MR) is 249 cm³/mol. The van der Waals surface area contributed by atoms with Gasteiger partial charge in [-0.1, -0.05) is 103 Å². The third-order valence-corrected chi connectivity index (χ3v) is 14.4. The van der Waals surface area contributed by atoms with Gasteiger partial charge in [-0.25, -0.2) is 4.98 Å². The summed E-state index contributed by atoms with van der Waals surface area (Å²) in [4.78, 5) is 18.4. The number of nitrogens with zero attached hydrogens (tertiary/aromatic N) is 4. The maximum absolute atomic E-state index is 5.42. The van der Waals surface area contributed by atoms with Crippen LogP contribution in [0.1, 0.15) is 0 Å². The van der Waals surface area contributed by atoms with E-state index >= 15 is 0 Å². The summed E-state index contributed by atoms with van der Waals surface area (Å²) in [6.07, 6.45) is 0. The first-order valence-corrected chi connectivity index (χ1v) is 21.6. The Bertz CT molecular complexity index is 3400. The molecule has 12 aromatic rings. The highest BCUT2D eigenvalue weighted by molar-refractivity contribution is 7.26. The van der Waals surface area contributed by atoms with Crippen LogP contribution in [0.5, 0.6) is 0 Å². The van der Waals surface area contributed by atoms with Crippen molar-refractivity contribution in [2.24, 2.45) is 0 Å². The number of rotatable bonds is 6. The summed E-state index contributed by atoms with van der Waals surface area (Å²) in [6, 6.07) is 64.9. The zero-order valence-electron chi connectivity index (χ0n) is 30.8. The minimum atomic E-state index is 0.556. The molecule has 0 unspecified atom stereocenters. The molecule has 8 aromatic carbocycles. The maximum Gasteiger partial charge on any atom is 0.238 e. The van der Waals surface area contributed by atoms with Gasteiger partial charge in [0.1, 0.15) is 0 Å². The van der Waals surface area contributed by atoms with E-state index in [4.69, 9.17) is 15.0 Å². The lowest BCUT2D eigenvalue weighted by Gasteiger charge is -2.25. The van der Waals surface area contributed by atoms with Crippen molar-refractivity contribution in [3.63, 3.8) is 0 Å². The number of benzene rings is 8. The van der Waals surface area contributed by atoms with Crippen molar-refractivity contribution in [3.8, 4) is 33.9 Å². The van der Waals surface area contributed by atoms with Gasteiger partial charge >= 0.3 is 0 Å². The van der Waals surface area contributed by atoms with Crippen LogP contribution in [-0.4, -0.2) is 15.0 Å². The predicted octanol–water partition coefficient (Wildman–Crippen LogP) is 15.4. The maximum atomic E-state index is 5.42. The van der Waals surface area contributed by atoms with Crippen LogP contribution in [0.15, 0.2) is 182 Å². The van der Waals surface area contributed by atoms with E-state index in [1.165, 1.54) is 66.1 Å². The molecule has 0 N–H and O–H groups in total. The van der Waals surface area contributed by atoms with Crippen LogP contribution < -0.4 is 4.90 Å². The molecule has 0 fully saturated rings. The van der Waals surface area contributed by atoms with Gasteiger partial charge in [-0.05, 0) is 90.0 Å². The number of hydrogen-bond acceptors (Lipinski definition) is 7. The highest BCUT2D eigenvalue weighted by Gasteiger charge is 2.24. The van der Waals surface area contributed by atoms with Gasteiger partial charge in [-0.15, -0.1) is 34.0 Å². The van der Waals surface area contributed by atoms with Gasteiger partial charge in [0.15, 0.2) is 11.6 Å². The highest BCUT2D eigenvalue weighted by atomic mass is 32.1. The molecule has 0 saturated carbocycles. The van der Waals surface area contributed by atoms with E-state index in [0.29, 0.717) is 17.6 Å². The molecule has 12 rings (SSSR count). The van der Waals surface area contributed by atoms with Crippen molar-refractivity contribution in [1.29, 1.82) is 0 Å². The van der Waals surface area contributed by atoms with Crippen LogP contribution in [0.2, 0.25) is 0 Å². The molecule has 4 heterocycles. The molecule has 4 nitrogen and oxygen atoms in total. The summed E-state index contributed by atoms with van der Waals surface area (Å²) in [5.74, 6) is 1.81. The monoisotopic (exact) mass is 794 g/mol. The van der Waals surface area contributed by atoms with Gasteiger partial charge in [-0.3, -0.25) is 4.90 Å². The Morgan fingerprint density at radius 3 is 1.41 bits per heavy atom. The van der Waals surface area contributed by atoms with Gasteiger partial charge in [0.2, 0.25) is 5.95 Å². The average molecular weight is 795 g/mol. The van der Waals surface area contributed by atoms with E-state index < -0.39 is 0 Å². The Morgan fingerprint density at radius 2 is 0.793 bits per heavy atom. The van der Waals surface area contributed by atoms with Crippen molar-refractivity contribution in [1.82, 2.24) is 15.0 Å². The van der Waals surface area contributed by atoms with Crippen molar-refractivity contribution in [2.45, 2.75) is 0 Å². The first kappa shape index (κ1) is 33.4. The highest BCUT2D eigenvalue weighted by Crippen LogP contribution is 2.45. The standard InChI is InChI=1S/C51H30N4S3/c1-2-11-31(12-3-1)32-21-25-35(26-22-32)55(41-16-10-20-47-48(41)38-15-6-9-19-44(38)58-47)51-53-49(33-23-27-45-39(29-33)36-13-4-7-17-42(36)56-45)52-50(54-51)34-24-28-46-40(30-34)37-14-5-8-18-43(37)57-46/h1-30H. The molecule has 0 aliphatic carbocycles. The molecular formula is C51H30N4S3. The van der Waals surface area contributed by atoms with Crippen molar-refractivity contribution in [3.05, 3.63) is 182 Å². The molecule has 0 bridgehead atoms. The molecule has 0 saturated heterocycles. The molecule has 0 atom stereocenters. The third kappa shape index (κ3) is 5.50. The molecule has 272 valence electrons. The Balaban J connectivity index is 1.13. The topological polar surface area (TPSA) is 41.9 Å². The van der Waals surface area contributed by atoms with Crippen molar-refractivity contribution in [2.75, 3.05) is 4.90 Å². The Kier molecular flexibility index (Phi) is 7.72. The number of thiophene rings is 3. The molecule has 58 heavy (non-hydrogen) atoms. The van der Waals surface area contributed by atoms with Crippen LogP contribution in [0.25, 0.3) is 94.4 Å². The minimum Gasteiger partial charge on any atom is -0.278 e. The third-order valence-electron chi connectivity index (χ3n) is 10.9. The van der Waals surface area contributed by atoms with Crippen LogP contribution in [0.4, 0.5) is 17.3 Å². The van der Waals surface area contributed by atoms with Crippen LogP contribution >= 0.6 is 34.0 Å². The second-order valence-electron chi connectivity index (χ2n) is 14.4. The summed E-state index contributed by atoms with van der Waals surface area (Å²) in [7, 11) is 0. The molecule has 7 heteroatoms. The first-order valence-electron chi connectivity index (χ1n) is 19.2. The zero-order valence-corrected chi connectivity index (χ0v) is 33.3. The summed E-state index contributed by atoms with van der Waals surface area (Å²) >= 11 is 5.44. The lowest BCUT2D eigenvalue weighted by Crippen LogP contribution is -2.15. The van der Waals surface area contributed by atoms with Gasteiger partial charge in [-0.2, -0.15) is 9.97 Å². The van der Waals surface area contributed by atoms with Crippen molar-refractivity contribution < 1.29 is 0 Å². The fraction of sp³-hybridized carbons (Fsp3) is 0. The molecule has 0 amide bonds.